The van der Waals surface area contributed by atoms with Crippen molar-refractivity contribution in [1.29, 1.82) is 0 Å². The lowest BCUT2D eigenvalue weighted by Gasteiger charge is -2.27. The van der Waals surface area contributed by atoms with Crippen molar-refractivity contribution in [3.05, 3.63) is 24.3 Å². The van der Waals surface area contributed by atoms with Crippen LogP contribution in [-0.2, 0) is 14.3 Å². The van der Waals surface area contributed by atoms with E-state index in [0.717, 1.165) is 0 Å². The minimum Gasteiger partial charge on any atom is -0.508 e. The predicted molar refractivity (Wildman–Crippen MR) is 87.6 cm³/mol. The lowest BCUT2D eigenvalue weighted by molar-refractivity contribution is -0.121. The van der Waals surface area contributed by atoms with Gasteiger partial charge >= 0.3 is 0 Å². The molecule has 1 saturated heterocycles. The van der Waals surface area contributed by atoms with Crippen molar-refractivity contribution < 1.29 is 19.4 Å². The maximum Gasteiger partial charge on any atom is 0.262 e. The third-order valence-corrected chi connectivity index (χ3v) is 4.75. The quantitative estimate of drug-likeness (QED) is 0.803. The first kappa shape index (κ1) is 15.8. The lowest BCUT2D eigenvalue weighted by atomic mass is 10.2. The highest BCUT2D eigenvalue weighted by molar-refractivity contribution is 8.15. The molecule has 0 radical (unpaired) electrons. The van der Waals surface area contributed by atoms with Gasteiger partial charge in [-0.3, -0.25) is 9.59 Å². The molecule has 0 spiro atoms. The fraction of sp³-hybridized carbons (Fsp3) is 0.400. The van der Waals surface area contributed by atoms with E-state index in [1.165, 1.54) is 23.9 Å². The fourth-order valence-corrected chi connectivity index (χ4v) is 3.44. The van der Waals surface area contributed by atoms with Crippen molar-refractivity contribution in [2.45, 2.75) is 11.7 Å². The summed E-state index contributed by atoms with van der Waals surface area (Å²) in [6, 6.07) is 6.19. The van der Waals surface area contributed by atoms with Crippen molar-refractivity contribution >= 4 is 34.4 Å². The van der Waals surface area contributed by atoms with E-state index in [9.17, 15) is 14.7 Å². The number of amides is 2. The number of aromatic hydroxyl groups is 1. The van der Waals surface area contributed by atoms with Gasteiger partial charge in [0.1, 0.15) is 11.0 Å². The number of benzene rings is 1. The Kier molecular flexibility index (Phi) is 4.82. The largest absolute Gasteiger partial charge is 0.508 e. The van der Waals surface area contributed by atoms with E-state index in [4.69, 9.17) is 4.74 Å². The first-order valence-electron chi connectivity index (χ1n) is 7.32. The van der Waals surface area contributed by atoms with Crippen LogP contribution in [0.4, 0.5) is 5.69 Å². The predicted octanol–water partition coefficient (Wildman–Crippen LogP) is 1.05. The molecule has 7 nitrogen and oxygen atoms in total. The topological polar surface area (TPSA) is 91.2 Å². The number of hydrogen-bond acceptors (Lipinski definition) is 6. The zero-order valence-corrected chi connectivity index (χ0v) is 13.2. The summed E-state index contributed by atoms with van der Waals surface area (Å²) in [6.07, 6.45) is 0.0711. The number of nitrogens with zero attached hydrogens (tertiary/aromatic N) is 2. The molecular weight excluding hydrogens is 318 g/mol. The maximum absolute atomic E-state index is 12.1. The van der Waals surface area contributed by atoms with E-state index in [-0.39, 0.29) is 24.0 Å². The summed E-state index contributed by atoms with van der Waals surface area (Å²) in [5.41, 5.74) is 0.581. The number of morpholine rings is 1. The van der Waals surface area contributed by atoms with Gasteiger partial charge in [0.25, 0.3) is 5.91 Å². The number of rotatable bonds is 3. The molecule has 1 fully saturated rings. The Labute approximate surface area is 137 Å². The molecule has 0 bridgehead atoms. The van der Waals surface area contributed by atoms with Gasteiger partial charge in [0.05, 0.1) is 13.2 Å². The highest BCUT2D eigenvalue weighted by atomic mass is 32.2. The number of nitrogens with one attached hydrogen (secondary N) is 1. The van der Waals surface area contributed by atoms with Crippen LogP contribution in [0.25, 0.3) is 0 Å². The molecule has 8 heteroatoms. The van der Waals surface area contributed by atoms with Crippen molar-refractivity contribution in [2.75, 3.05) is 31.6 Å². The summed E-state index contributed by atoms with van der Waals surface area (Å²) < 4.78 is 5.28. The van der Waals surface area contributed by atoms with Crippen molar-refractivity contribution in [3.8, 4) is 5.75 Å². The van der Waals surface area contributed by atoms with Crippen LogP contribution in [0.3, 0.4) is 0 Å². The first-order valence-corrected chi connectivity index (χ1v) is 8.20. The minimum absolute atomic E-state index is 0.0711. The van der Waals surface area contributed by atoms with Crippen molar-refractivity contribution in [1.82, 2.24) is 4.90 Å². The molecule has 2 aliphatic rings. The Morgan fingerprint density at radius 2 is 2.04 bits per heavy atom. The third kappa shape index (κ3) is 4.02. The van der Waals surface area contributed by atoms with Crippen LogP contribution >= 0.6 is 11.8 Å². The molecule has 2 aliphatic heterocycles. The second-order valence-electron chi connectivity index (χ2n) is 5.24. The van der Waals surface area contributed by atoms with E-state index in [1.54, 1.807) is 12.1 Å². The van der Waals surface area contributed by atoms with E-state index in [1.807, 2.05) is 4.90 Å². The maximum atomic E-state index is 12.1. The summed E-state index contributed by atoms with van der Waals surface area (Å²) in [7, 11) is 0. The minimum atomic E-state index is -0.482. The number of ether oxygens (including phenoxy) is 1. The summed E-state index contributed by atoms with van der Waals surface area (Å²) in [5, 5.41) is 12.1. The normalized spacial score (nSPS) is 21.2. The van der Waals surface area contributed by atoms with Crippen LogP contribution in [0, 0.1) is 0 Å². The smallest absolute Gasteiger partial charge is 0.262 e. The Hall–Kier alpha value is -2.06. The van der Waals surface area contributed by atoms with Crippen molar-refractivity contribution in [3.63, 3.8) is 0 Å². The van der Waals surface area contributed by atoms with E-state index < -0.39 is 5.25 Å². The molecular formula is C15H17N3O4S. The van der Waals surface area contributed by atoms with Crippen molar-refractivity contribution in [2.24, 2.45) is 4.99 Å². The fourth-order valence-electron chi connectivity index (χ4n) is 2.32. The van der Waals surface area contributed by atoms with Gasteiger partial charge in [-0.15, -0.1) is 0 Å². The molecule has 1 atom stereocenters. The summed E-state index contributed by atoms with van der Waals surface area (Å²) in [5.74, 6) is -0.384. The Morgan fingerprint density at radius 3 is 2.74 bits per heavy atom. The summed E-state index contributed by atoms with van der Waals surface area (Å²) in [4.78, 5) is 30.1. The number of carbonyl (C=O) groups is 2. The van der Waals surface area contributed by atoms with E-state index in [2.05, 4.69) is 10.3 Å². The Balaban J connectivity index is 1.53. The summed E-state index contributed by atoms with van der Waals surface area (Å²) in [6.45, 7) is 2.68. The van der Waals surface area contributed by atoms with Crippen LogP contribution in [-0.4, -0.2) is 58.5 Å². The average molecular weight is 335 g/mol. The molecule has 0 unspecified atom stereocenters. The second kappa shape index (κ2) is 7.01. The molecule has 1 aromatic rings. The second-order valence-corrected chi connectivity index (χ2v) is 6.41. The number of phenols is 1. The molecule has 1 aromatic carbocycles. The number of hydrogen-bond donors (Lipinski definition) is 2. The third-order valence-electron chi connectivity index (χ3n) is 3.53. The molecule has 2 N–H and O–H groups in total. The molecule has 0 aromatic heterocycles. The number of anilines is 1. The van der Waals surface area contributed by atoms with Gasteiger partial charge < -0.3 is 20.1 Å². The van der Waals surface area contributed by atoms with Gasteiger partial charge in [-0.1, -0.05) is 11.8 Å². The van der Waals surface area contributed by atoms with Gasteiger partial charge in [0, 0.05) is 25.2 Å². The molecule has 2 heterocycles. The zero-order chi connectivity index (χ0) is 16.2. The number of aliphatic imine (C=N–C) groups is 1. The zero-order valence-electron chi connectivity index (χ0n) is 12.4. The standard InChI is InChI=1S/C15H17N3O4S/c19-11-3-1-10(2-4-11)16-13(20)9-12-14(21)17-15(23-12)18-5-7-22-8-6-18/h1-4,12,19H,5-9H2,(H,16,20)/t12-/m0/s1. The molecule has 0 saturated carbocycles. The Bertz CT molecular complexity index is 626. The van der Waals surface area contributed by atoms with Crippen LogP contribution in [0.2, 0.25) is 0 Å². The van der Waals surface area contributed by atoms with Crippen LogP contribution < -0.4 is 5.32 Å². The lowest BCUT2D eigenvalue weighted by Crippen LogP contribution is -2.39. The molecule has 0 aliphatic carbocycles. The van der Waals surface area contributed by atoms with Gasteiger partial charge in [-0.2, -0.15) is 4.99 Å². The molecule has 3 rings (SSSR count). The first-order chi connectivity index (χ1) is 11.1. The highest BCUT2D eigenvalue weighted by Crippen LogP contribution is 2.28. The monoisotopic (exact) mass is 335 g/mol. The van der Waals surface area contributed by atoms with E-state index in [0.29, 0.717) is 37.2 Å². The van der Waals surface area contributed by atoms with Crippen LogP contribution in [0.5, 0.6) is 5.75 Å². The SMILES string of the molecule is O=C(C[C@@H]1SC(N2CCOCC2)=NC1=O)Nc1ccc(O)cc1. The number of thioether (sulfide) groups is 1. The van der Waals surface area contributed by atoms with E-state index >= 15 is 0 Å². The van der Waals surface area contributed by atoms with Gasteiger partial charge in [-0.05, 0) is 24.3 Å². The molecule has 2 amide bonds. The van der Waals surface area contributed by atoms with Crippen LogP contribution in [0.15, 0.2) is 29.3 Å². The average Bonchev–Trinajstić information content (AvgIpc) is 2.91. The van der Waals surface area contributed by atoms with Gasteiger partial charge in [0.15, 0.2) is 5.17 Å². The number of amidine groups is 1. The number of phenolic OH excluding ortho intramolecular Hbond substituents is 1. The Morgan fingerprint density at radius 1 is 1.35 bits per heavy atom. The van der Waals surface area contributed by atoms with Crippen LogP contribution in [0.1, 0.15) is 6.42 Å². The number of carbonyl (C=O) groups excluding carboxylic acids is 2. The summed E-state index contributed by atoms with van der Waals surface area (Å²) >= 11 is 1.34. The molecule has 23 heavy (non-hydrogen) atoms. The van der Waals surface area contributed by atoms with Gasteiger partial charge in [-0.25, -0.2) is 0 Å². The van der Waals surface area contributed by atoms with Gasteiger partial charge in [0.2, 0.25) is 5.91 Å². The molecule has 122 valence electrons. The highest BCUT2D eigenvalue weighted by Gasteiger charge is 2.33.